The number of hydrogen-bond donors (Lipinski definition) is 1. The number of nitrogens with zero attached hydrogens (tertiary/aromatic N) is 4. The van der Waals surface area contributed by atoms with E-state index in [0.717, 1.165) is 5.56 Å². The number of amides is 1. The zero-order chi connectivity index (χ0) is 21.0. The summed E-state index contributed by atoms with van der Waals surface area (Å²) in [7, 11) is 3.17. The van der Waals surface area contributed by atoms with E-state index < -0.39 is 5.41 Å². The fourth-order valence-electron chi connectivity index (χ4n) is 2.59. The molecule has 0 fully saturated rings. The van der Waals surface area contributed by atoms with E-state index in [1.165, 1.54) is 0 Å². The van der Waals surface area contributed by atoms with Gasteiger partial charge in [-0.3, -0.25) is 4.79 Å². The number of carbonyl (C=O) groups is 1. The van der Waals surface area contributed by atoms with Crippen LogP contribution < -0.4 is 19.5 Å². The number of fused-ring (bicyclic) bond motifs is 1. The van der Waals surface area contributed by atoms with E-state index in [2.05, 4.69) is 20.6 Å². The highest BCUT2D eigenvalue weighted by Gasteiger charge is 2.20. The summed E-state index contributed by atoms with van der Waals surface area (Å²) in [5.41, 5.74) is 0.862. The van der Waals surface area contributed by atoms with Crippen molar-refractivity contribution in [3.8, 4) is 28.8 Å². The number of benzene rings is 1. The summed E-state index contributed by atoms with van der Waals surface area (Å²) in [6.07, 6.45) is 0. The largest absolute Gasteiger partial charge is 0.497 e. The lowest BCUT2D eigenvalue weighted by Gasteiger charge is -2.17. The molecule has 2 heterocycles. The molecule has 0 saturated heterocycles. The minimum Gasteiger partial charge on any atom is -0.497 e. The van der Waals surface area contributed by atoms with E-state index in [1.54, 1.807) is 36.9 Å². The first-order valence-electron chi connectivity index (χ1n) is 9.19. The van der Waals surface area contributed by atoms with Crippen LogP contribution in [0.25, 0.3) is 17.0 Å². The summed E-state index contributed by atoms with van der Waals surface area (Å²) < 4.78 is 18.0. The monoisotopic (exact) mass is 399 g/mol. The quantitative estimate of drug-likeness (QED) is 0.609. The van der Waals surface area contributed by atoms with E-state index in [1.807, 2.05) is 32.9 Å². The summed E-state index contributed by atoms with van der Waals surface area (Å²) in [5, 5.41) is 15.7. The average molecular weight is 399 g/mol. The highest BCUT2D eigenvalue weighted by atomic mass is 16.5. The lowest BCUT2D eigenvalue weighted by molar-refractivity contribution is -0.128. The second-order valence-electron chi connectivity index (χ2n) is 7.39. The van der Waals surface area contributed by atoms with Crippen molar-refractivity contribution in [2.75, 3.05) is 27.4 Å². The Morgan fingerprint density at radius 2 is 1.90 bits per heavy atom. The Hall–Kier alpha value is -3.36. The van der Waals surface area contributed by atoms with E-state index in [-0.39, 0.29) is 5.91 Å². The number of rotatable bonds is 7. The summed E-state index contributed by atoms with van der Waals surface area (Å²) in [4.78, 5) is 11.9. The molecular formula is C20H25N5O4. The molecule has 0 radical (unpaired) electrons. The van der Waals surface area contributed by atoms with Crippen LogP contribution in [0.3, 0.4) is 0 Å². The van der Waals surface area contributed by atoms with Crippen LogP contribution in [0.2, 0.25) is 0 Å². The van der Waals surface area contributed by atoms with E-state index in [9.17, 15) is 4.79 Å². The fraction of sp³-hybridized carbons (Fsp3) is 0.400. The molecule has 29 heavy (non-hydrogen) atoms. The van der Waals surface area contributed by atoms with Crippen molar-refractivity contribution < 1.29 is 19.0 Å². The highest BCUT2D eigenvalue weighted by molar-refractivity contribution is 5.81. The third-order valence-electron chi connectivity index (χ3n) is 4.21. The maximum Gasteiger partial charge on any atom is 0.231 e. The molecule has 2 aromatic heterocycles. The van der Waals surface area contributed by atoms with Gasteiger partial charge in [0.05, 0.1) is 26.3 Å². The lowest BCUT2D eigenvalue weighted by Crippen LogP contribution is -2.37. The predicted octanol–water partition coefficient (Wildman–Crippen LogP) is 2.35. The van der Waals surface area contributed by atoms with Crippen LogP contribution in [-0.2, 0) is 4.79 Å². The van der Waals surface area contributed by atoms with Crippen molar-refractivity contribution >= 4 is 11.6 Å². The highest BCUT2D eigenvalue weighted by Crippen LogP contribution is 2.32. The standard InChI is InChI=1S/C20H25N5O4/c1-20(2,3)19(26)21-10-11-29-17-9-8-16-22-23-18(25(16)24-17)14-7-6-13(27-4)12-15(14)28-5/h6-9,12H,10-11H2,1-5H3,(H,21,26). The molecule has 1 amide bonds. The number of ether oxygens (including phenoxy) is 3. The van der Waals surface area contributed by atoms with Crippen molar-refractivity contribution in [2.24, 2.45) is 5.41 Å². The van der Waals surface area contributed by atoms with Gasteiger partial charge in [-0.25, -0.2) is 0 Å². The van der Waals surface area contributed by atoms with Gasteiger partial charge in [0, 0.05) is 17.5 Å². The minimum atomic E-state index is -0.439. The molecule has 0 bridgehead atoms. The minimum absolute atomic E-state index is 0.0304. The molecule has 0 saturated carbocycles. The van der Waals surface area contributed by atoms with Crippen LogP contribution in [0.4, 0.5) is 0 Å². The molecule has 0 unspecified atom stereocenters. The van der Waals surface area contributed by atoms with Gasteiger partial charge < -0.3 is 19.5 Å². The van der Waals surface area contributed by atoms with Crippen LogP contribution in [0.5, 0.6) is 17.4 Å². The SMILES string of the molecule is COc1ccc(-c2nnc3ccc(OCCNC(=O)C(C)(C)C)nn23)c(OC)c1. The van der Waals surface area contributed by atoms with E-state index >= 15 is 0 Å². The molecular weight excluding hydrogens is 374 g/mol. The van der Waals surface area contributed by atoms with Crippen LogP contribution in [-0.4, -0.2) is 53.1 Å². The lowest BCUT2D eigenvalue weighted by atomic mass is 9.96. The number of hydrogen-bond acceptors (Lipinski definition) is 7. The number of nitrogens with one attached hydrogen (secondary N) is 1. The maximum atomic E-state index is 11.9. The Morgan fingerprint density at radius 3 is 2.59 bits per heavy atom. The summed E-state index contributed by atoms with van der Waals surface area (Å²) in [6.45, 7) is 6.26. The Labute approximate surface area is 169 Å². The third-order valence-corrected chi connectivity index (χ3v) is 4.21. The first-order valence-corrected chi connectivity index (χ1v) is 9.19. The third kappa shape index (κ3) is 4.56. The Kier molecular flexibility index (Phi) is 5.86. The first kappa shape index (κ1) is 20.4. The van der Waals surface area contributed by atoms with Gasteiger partial charge in [-0.15, -0.1) is 15.3 Å². The molecule has 3 rings (SSSR count). The molecule has 1 N–H and O–H groups in total. The van der Waals surface area contributed by atoms with Crippen LogP contribution in [0, 0.1) is 5.41 Å². The molecule has 0 spiro atoms. The van der Waals surface area contributed by atoms with Gasteiger partial charge in [0.1, 0.15) is 18.1 Å². The molecule has 154 valence electrons. The normalized spacial score (nSPS) is 11.3. The molecule has 0 aliphatic heterocycles. The molecule has 3 aromatic rings. The van der Waals surface area contributed by atoms with Crippen LogP contribution in [0.15, 0.2) is 30.3 Å². The van der Waals surface area contributed by atoms with Gasteiger partial charge in [-0.2, -0.15) is 4.52 Å². The first-order chi connectivity index (χ1) is 13.8. The number of aromatic nitrogens is 4. The summed E-state index contributed by atoms with van der Waals surface area (Å²) in [5.74, 6) is 2.16. The number of carbonyl (C=O) groups excluding carboxylic acids is 1. The molecule has 1 aromatic carbocycles. The Balaban J connectivity index is 1.78. The van der Waals surface area contributed by atoms with E-state index in [4.69, 9.17) is 14.2 Å². The van der Waals surface area contributed by atoms with Gasteiger partial charge >= 0.3 is 0 Å². The average Bonchev–Trinajstić information content (AvgIpc) is 3.12. The molecule has 0 aliphatic rings. The Morgan fingerprint density at radius 1 is 1.10 bits per heavy atom. The predicted molar refractivity (Wildman–Crippen MR) is 107 cm³/mol. The smallest absolute Gasteiger partial charge is 0.231 e. The molecule has 9 heteroatoms. The van der Waals surface area contributed by atoms with Crippen molar-refractivity contribution in [1.82, 2.24) is 25.1 Å². The number of methoxy groups -OCH3 is 2. The van der Waals surface area contributed by atoms with Crippen molar-refractivity contribution in [3.63, 3.8) is 0 Å². The topological polar surface area (TPSA) is 99.9 Å². The zero-order valence-electron chi connectivity index (χ0n) is 17.2. The van der Waals surface area contributed by atoms with Crippen molar-refractivity contribution in [3.05, 3.63) is 30.3 Å². The molecule has 0 atom stereocenters. The zero-order valence-corrected chi connectivity index (χ0v) is 17.2. The second kappa shape index (κ2) is 8.34. The van der Waals surface area contributed by atoms with Crippen molar-refractivity contribution in [1.29, 1.82) is 0 Å². The molecule has 9 nitrogen and oxygen atoms in total. The van der Waals surface area contributed by atoms with Gasteiger partial charge in [0.25, 0.3) is 0 Å². The summed E-state index contributed by atoms with van der Waals surface area (Å²) >= 11 is 0. The van der Waals surface area contributed by atoms with Gasteiger partial charge in [-0.1, -0.05) is 20.8 Å². The van der Waals surface area contributed by atoms with Gasteiger partial charge in [-0.05, 0) is 18.2 Å². The fourth-order valence-corrected chi connectivity index (χ4v) is 2.59. The van der Waals surface area contributed by atoms with E-state index in [0.29, 0.717) is 42.0 Å². The molecule has 0 aliphatic carbocycles. The second-order valence-corrected chi connectivity index (χ2v) is 7.39. The van der Waals surface area contributed by atoms with Crippen LogP contribution >= 0.6 is 0 Å². The Bertz CT molecular complexity index is 1010. The van der Waals surface area contributed by atoms with Gasteiger partial charge in [0.15, 0.2) is 11.5 Å². The summed E-state index contributed by atoms with van der Waals surface area (Å²) in [6, 6.07) is 8.91. The van der Waals surface area contributed by atoms with Crippen molar-refractivity contribution in [2.45, 2.75) is 20.8 Å². The maximum absolute atomic E-state index is 11.9. The van der Waals surface area contributed by atoms with Crippen LogP contribution in [0.1, 0.15) is 20.8 Å². The van der Waals surface area contributed by atoms with Gasteiger partial charge in [0.2, 0.25) is 11.8 Å².